The zero-order valence-corrected chi connectivity index (χ0v) is 15.4. The van der Waals surface area contributed by atoms with Crippen molar-refractivity contribution in [3.63, 3.8) is 0 Å². The third-order valence-corrected chi connectivity index (χ3v) is 3.96. The zero-order valence-electron chi connectivity index (χ0n) is 12.2. The molecule has 1 amide bonds. The average Bonchev–Trinajstić information content (AvgIpc) is 2.55. The van der Waals surface area contributed by atoms with Crippen LogP contribution in [0.5, 0.6) is 0 Å². The van der Waals surface area contributed by atoms with Crippen molar-refractivity contribution in [1.82, 2.24) is 20.2 Å². The minimum Gasteiger partial charge on any atom is -0.329 e. The van der Waals surface area contributed by atoms with Gasteiger partial charge in [-0.05, 0) is 33.6 Å². The molecular formula is C15H17BrCl2N4O. The summed E-state index contributed by atoms with van der Waals surface area (Å²) in [6.45, 7) is 2.20. The Labute approximate surface area is 155 Å². The Kier molecular flexibility index (Phi) is 7.91. The molecule has 1 fully saturated rings. The fraction of sp³-hybridized carbons (Fsp3) is 0.267. The molecule has 3 rings (SSSR count). The highest BCUT2D eigenvalue weighted by molar-refractivity contribution is 9.10. The van der Waals surface area contributed by atoms with Gasteiger partial charge in [-0.1, -0.05) is 6.07 Å². The number of pyridine rings is 2. The number of amides is 1. The maximum absolute atomic E-state index is 12.8. The maximum Gasteiger partial charge on any atom is 0.256 e. The van der Waals surface area contributed by atoms with Gasteiger partial charge in [-0.3, -0.25) is 14.8 Å². The molecule has 1 unspecified atom stereocenters. The summed E-state index contributed by atoms with van der Waals surface area (Å²) in [6.07, 6.45) is 6.84. The topological polar surface area (TPSA) is 58.1 Å². The number of carbonyl (C=O) groups excluding carboxylic acids is 1. The molecule has 0 aliphatic carbocycles. The summed E-state index contributed by atoms with van der Waals surface area (Å²) in [5.74, 6) is -0.000784. The molecule has 0 spiro atoms. The summed E-state index contributed by atoms with van der Waals surface area (Å²) in [7, 11) is 0. The highest BCUT2D eigenvalue weighted by atomic mass is 79.9. The van der Waals surface area contributed by atoms with Crippen LogP contribution in [0.4, 0.5) is 0 Å². The summed E-state index contributed by atoms with van der Waals surface area (Å²) in [4.78, 5) is 22.9. The van der Waals surface area contributed by atoms with E-state index in [2.05, 4.69) is 31.2 Å². The van der Waals surface area contributed by atoms with Crippen LogP contribution in [-0.2, 0) is 0 Å². The highest BCUT2D eigenvalue weighted by Gasteiger charge is 2.28. The van der Waals surface area contributed by atoms with Crippen molar-refractivity contribution in [3.05, 3.63) is 58.6 Å². The van der Waals surface area contributed by atoms with E-state index in [-0.39, 0.29) is 36.8 Å². The summed E-state index contributed by atoms with van der Waals surface area (Å²) in [5, 5.41) is 3.33. The van der Waals surface area contributed by atoms with E-state index in [1.54, 1.807) is 24.7 Å². The molecule has 0 bridgehead atoms. The number of rotatable bonds is 2. The van der Waals surface area contributed by atoms with Crippen molar-refractivity contribution in [2.45, 2.75) is 6.04 Å². The Morgan fingerprint density at radius 3 is 2.78 bits per heavy atom. The zero-order chi connectivity index (χ0) is 14.7. The van der Waals surface area contributed by atoms with E-state index < -0.39 is 0 Å². The standard InChI is InChI=1S/C15H15BrN4O.2ClH/c16-13-6-12(8-19-9-13)15(21)20-5-4-18-10-14(20)11-2-1-3-17-7-11;;/h1-3,6-9,14,18H,4-5,10H2;2*1H. The lowest BCUT2D eigenvalue weighted by atomic mass is 10.0. The van der Waals surface area contributed by atoms with Gasteiger partial charge in [0.25, 0.3) is 5.91 Å². The van der Waals surface area contributed by atoms with Gasteiger partial charge >= 0.3 is 0 Å². The molecule has 1 saturated heterocycles. The predicted molar refractivity (Wildman–Crippen MR) is 97.3 cm³/mol. The molecule has 2 aromatic heterocycles. The van der Waals surface area contributed by atoms with Crippen molar-refractivity contribution in [1.29, 1.82) is 0 Å². The van der Waals surface area contributed by atoms with Crippen molar-refractivity contribution in [3.8, 4) is 0 Å². The lowest BCUT2D eigenvalue weighted by molar-refractivity contribution is 0.0633. The monoisotopic (exact) mass is 418 g/mol. The van der Waals surface area contributed by atoms with Crippen LogP contribution < -0.4 is 5.32 Å². The first-order valence-electron chi connectivity index (χ1n) is 6.78. The van der Waals surface area contributed by atoms with E-state index in [0.29, 0.717) is 12.1 Å². The Hall–Kier alpha value is -1.21. The highest BCUT2D eigenvalue weighted by Crippen LogP contribution is 2.24. The molecule has 0 saturated carbocycles. The fourth-order valence-corrected chi connectivity index (χ4v) is 2.88. The summed E-state index contributed by atoms with van der Waals surface area (Å²) >= 11 is 3.36. The third-order valence-electron chi connectivity index (χ3n) is 3.53. The fourth-order valence-electron chi connectivity index (χ4n) is 2.51. The number of nitrogens with one attached hydrogen (secondary N) is 1. The number of piperazine rings is 1. The van der Waals surface area contributed by atoms with Gasteiger partial charge in [-0.25, -0.2) is 0 Å². The Balaban J connectivity index is 0.00000132. The van der Waals surface area contributed by atoms with Gasteiger partial charge in [-0.2, -0.15) is 0 Å². The largest absolute Gasteiger partial charge is 0.329 e. The summed E-state index contributed by atoms with van der Waals surface area (Å²) in [5.41, 5.74) is 1.64. The van der Waals surface area contributed by atoms with Crippen LogP contribution in [0.1, 0.15) is 22.0 Å². The second kappa shape index (κ2) is 9.17. The molecule has 3 heterocycles. The maximum atomic E-state index is 12.8. The number of hydrogen-bond acceptors (Lipinski definition) is 4. The Bertz CT molecular complexity index is 644. The van der Waals surface area contributed by atoms with E-state index in [1.165, 1.54) is 0 Å². The molecule has 8 heteroatoms. The Morgan fingerprint density at radius 1 is 1.26 bits per heavy atom. The number of nitrogens with zero attached hydrogens (tertiary/aromatic N) is 3. The van der Waals surface area contributed by atoms with Gasteiger partial charge in [0.05, 0.1) is 11.6 Å². The van der Waals surface area contributed by atoms with Crippen LogP contribution in [0.3, 0.4) is 0 Å². The first-order chi connectivity index (χ1) is 10.3. The lowest BCUT2D eigenvalue weighted by Gasteiger charge is -2.36. The van der Waals surface area contributed by atoms with Crippen molar-refractivity contribution >= 4 is 46.7 Å². The SMILES string of the molecule is Cl.Cl.O=C(c1cncc(Br)c1)N1CCNCC1c1cccnc1. The van der Waals surface area contributed by atoms with Crippen LogP contribution in [0.25, 0.3) is 0 Å². The van der Waals surface area contributed by atoms with E-state index >= 15 is 0 Å². The van der Waals surface area contributed by atoms with Crippen molar-refractivity contribution < 1.29 is 4.79 Å². The lowest BCUT2D eigenvalue weighted by Crippen LogP contribution is -2.48. The van der Waals surface area contributed by atoms with Crippen molar-refractivity contribution in [2.24, 2.45) is 0 Å². The molecule has 1 N–H and O–H groups in total. The number of hydrogen-bond donors (Lipinski definition) is 1. The molecular weight excluding hydrogens is 403 g/mol. The van der Waals surface area contributed by atoms with Gasteiger partial charge in [0, 0.05) is 48.9 Å². The van der Waals surface area contributed by atoms with E-state index in [4.69, 9.17) is 0 Å². The van der Waals surface area contributed by atoms with Crippen LogP contribution in [-0.4, -0.2) is 40.4 Å². The van der Waals surface area contributed by atoms with Crippen LogP contribution in [0.15, 0.2) is 47.5 Å². The van der Waals surface area contributed by atoms with Gasteiger partial charge in [0.1, 0.15) is 0 Å². The van der Waals surface area contributed by atoms with Crippen LogP contribution >= 0.6 is 40.7 Å². The summed E-state index contributed by atoms with van der Waals surface area (Å²) in [6, 6.07) is 5.70. The molecule has 124 valence electrons. The number of halogens is 3. The van der Waals surface area contributed by atoms with Gasteiger partial charge in [0.2, 0.25) is 0 Å². The van der Waals surface area contributed by atoms with E-state index in [9.17, 15) is 4.79 Å². The molecule has 1 aliphatic rings. The van der Waals surface area contributed by atoms with Gasteiger partial charge in [-0.15, -0.1) is 24.8 Å². The molecule has 5 nitrogen and oxygen atoms in total. The first-order valence-corrected chi connectivity index (χ1v) is 7.57. The smallest absolute Gasteiger partial charge is 0.256 e. The van der Waals surface area contributed by atoms with E-state index in [0.717, 1.165) is 23.1 Å². The van der Waals surface area contributed by atoms with Crippen LogP contribution in [0.2, 0.25) is 0 Å². The Morgan fingerprint density at radius 2 is 2.09 bits per heavy atom. The molecule has 1 aliphatic heterocycles. The second-order valence-electron chi connectivity index (χ2n) is 4.90. The van der Waals surface area contributed by atoms with Crippen LogP contribution in [0, 0.1) is 0 Å². The number of aromatic nitrogens is 2. The van der Waals surface area contributed by atoms with Gasteiger partial charge in [0.15, 0.2) is 0 Å². The van der Waals surface area contributed by atoms with Crippen molar-refractivity contribution in [2.75, 3.05) is 19.6 Å². The average molecular weight is 420 g/mol. The molecule has 0 radical (unpaired) electrons. The minimum atomic E-state index is -0.000989. The number of carbonyl (C=O) groups is 1. The predicted octanol–water partition coefficient (Wildman–Crippen LogP) is 2.87. The van der Waals surface area contributed by atoms with E-state index in [1.807, 2.05) is 23.2 Å². The quantitative estimate of drug-likeness (QED) is 0.812. The molecule has 23 heavy (non-hydrogen) atoms. The second-order valence-corrected chi connectivity index (χ2v) is 5.81. The molecule has 2 aromatic rings. The minimum absolute atomic E-state index is 0. The third kappa shape index (κ3) is 4.64. The van der Waals surface area contributed by atoms with Gasteiger partial charge < -0.3 is 10.2 Å². The summed E-state index contributed by atoms with van der Waals surface area (Å²) < 4.78 is 0.807. The first kappa shape index (κ1) is 19.8. The molecule has 1 atom stereocenters. The molecule has 0 aromatic carbocycles. The normalized spacial score (nSPS) is 16.9.